The first-order chi connectivity index (χ1) is 0. The average molecular weight is 180 g/mol. The van der Waals surface area contributed by atoms with Gasteiger partial charge in [0.15, 0.2) is 0 Å². The minimum absolute atomic E-state index is 0. The van der Waals surface area contributed by atoms with Crippen molar-refractivity contribution in [3.8, 4) is 0 Å². The van der Waals surface area contributed by atoms with E-state index >= 15 is 0 Å². The second kappa shape index (κ2) is 53.9. The summed E-state index contributed by atoms with van der Waals surface area (Å²) in [6.07, 6.45) is 0. The fraction of sp³-hybridized carbons (Fsp3) is 0. The molecule has 0 radical (unpaired) electrons. The quantitative estimate of drug-likeness (QED) is 0.340. The summed E-state index contributed by atoms with van der Waals surface area (Å²) >= 11 is 0. The molecule has 0 amide bonds. The number of hydrogen-bond donors (Lipinski definition) is 0. The van der Waals surface area contributed by atoms with Gasteiger partial charge in [0.25, 0.3) is 0 Å². The zero-order valence-electron chi connectivity index (χ0n) is 3.23. The number of rotatable bonds is 0. The summed E-state index contributed by atoms with van der Waals surface area (Å²) in [4.78, 5) is 0. The first-order valence-corrected chi connectivity index (χ1v) is 0. The van der Waals surface area contributed by atoms with Gasteiger partial charge in [0, 0.05) is 17.4 Å². The van der Waals surface area contributed by atoms with E-state index in [4.69, 9.17) is 0 Å². The Morgan fingerprint density at radius 3 is 0.833 bits per heavy atom. The van der Waals surface area contributed by atoms with Crippen LogP contribution in [0.4, 0.5) is 0 Å². The molecule has 0 aliphatic carbocycles. The van der Waals surface area contributed by atoms with E-state index in [2.05, 4.69) is 0 Å². The van der Waals surface area contributed by atoms with Crippen LogP contribution in [-0.4, -0.2) is 16.4 Å². The molecule has 0 unspecified atom stereocenters. The van der Waals surface area contributed by atoms with Crippen LogP contribution in [0.25, 0.3) is 0 Å². The maximum atomic E-state index is 0. The van der Waals surface area contributed by atoms with Gasteiger partial charge in [0.1, 0.15) is 0 Å². The molecule has 3 nitrogen and oxygen atoms in total. The summed E-state index contributed by atoms with van der Waals surface area (Å²) in [6.45, 7) is 0. The van der Waals surface area contributed by atoms with Crippen LogP contribution in [-0.2, 0) is 17.4 Å². The maximum Gasteiger partial charge on any atom is 1.00 e. The van der Waals surface area contributed by atoms with Crippen molar-refractivity contribution >= 4 is 0 Å². The van der Waals surface area contributed by atoms with Crippen molar-refractivity contribution in [1.82, 2.24) is 0 Å². The van der Waals surface area contributed by atoms with E-state index in [1.165, 1.54) is 0 Å². The Labute approximate surface area is 95.8 Å². The number of hydrogen-bond acceptors (Lipinski definition) is 1. The van der Waals surface area contributed by atoms with Gasteiger partial charge in [0.05, 0.1) is 0 Å². The van der Waals surface area contributed by atoms with Crippen LogP contribution >= 0.6 is 0 Å². The minimum Gasteiger partial charge on any atom is -1.00 e. The van der Waals surface area contributed by atoms with Gasteiger partial charge < -0.3 is 28.8 Å². The van der Waals surface area contributed by atoms with Crippen LogP contribution in [0, 0.1) is 0 Å². The molecule has 0 aromatic rings. The predicted molar refractivity (Wildman–Crippen MR) is 9.16 cm³/mol. The fourth-order valence-electron chi connectivity index (χ4n) is 0. The van der Waals surface area contributed by atoms with E-state index in [0.717, 1.165) is 0 Å². The van der Waals surface area contributed by atoms with Crippen molar-refractivity contribution in [1.29, 1.82) is 0 Å². The van der Waals surface area contributed by atoms with Gasteiger partial charge in [-0.15, -0.1) is 0 Å². The Balaban J connectivity index is 0. The van der Waals surface area contributed by atoms with Gasteiger partial charge in [-0.05, 0) is 0 Å². The first-order valence-electron chi connectivity index (χ1n) is 0. The predicted octanol–water partition coefficient (Wildman–Crippen LogP) is -7.82. The molecule has 0 heterocycles. The third-order valence-electron chi connectivity index (χ3n) is 0. The molecule has 0 aliphatic heterocycles. The van der Waals surface area contributed by atoms with Gasteiger partial charge >= 0.3 is 51.4 Å². The third-order valence-corrected chi connectivity index (χ3v) is 0. The van der Waals surface area contributed by atoms with Crippen LogP contribution in [0.3, 0.4) is 0 Å². The van der Waals surface area contributed by atoms with Crippen LogP contribution in [0.2, 0.25) is 0 Å². The molecule has 0 atom stereocenters. The summed E-state index contributed by atoms with van der Waals surface area (Å²) in [5.41, 5.74) is 0. The van der Waals surface area contributed by atoms with Crippen LogP contribution < -0.4 is 63.8 Å². The molecule has 0 spiro atoms. The molecule has 38 valence electrons. The Morgan fingerprint density at radius 1 is 0.833 bits per heavy atom. The van der Waals surface area contributed by atoms with E-state index in [9.17, 15) is 0 Å². The molecule has 0 aromatic heterocycles. The Kier molecular flexibility index (Phi) is 738. The van der Waals surface area contributed by atoms with Gasteiger partial charge in [-0.2, -0.15) is 0 Å². The van der Waals surface area contributed by atoms with E-state index < -0.39 is 0 Å². The van der Waals surface area contributed by atoms with Crippen molar-refractivity contribution in [2.45, 2.75) is 0 Å². The van der Waals surface area contributed by atoms with Crippen LogP contribution in [0.5, 0.6) is 0 Å². The normalized spacial score (nSPS) is 0. The molecular formula is H5ClCrKO3-. The molecule has 0 fully saturated rings. The molecule has 0 saturated carbocycles. The summed E-state index contributed by atoms with van der Waals surface area (Å²) in [6, 6.07) is 0. The van der Waals surface area contributed by atoms with E-state index in [-0.39, 0.29) is 97.6 Å². The second-order valence-electron chi connectivity index (χ2n) is 0. The standard InChI is InChI=1S/ClH.Cr.K.3H2O/h1H;;;3*1H2/q;;+1;;;/p-2. The third kappa shape index (κ3) is 33.0. The fourth-order valence-corrected chi connectivity index (χ4v) is 0. The molecule has 0 aliphatic rings. The molecule has 0 bridgehead atoms. The van der Waals surface area contributed by atoms with Crippen molar-refractivity contribution in [3.05, 3.63) is 0 Å². The molecule has 6 heavy (non-hydrogen) atoms. The van der Waals surface area contributed by atoms with Gasteiger partial charge in [-0.1, -0.05) is 0 Å². The van der Waals surface area contributed by atoms with Crippen molar-refractivity contribution in [2.75, 3.05) is 0 Å². The van der Waals surface area contributed by atoms with E-state index in [1.807, 2.05) is 0 Å². The number of halogens is 1. The zero-order chi connectivity index (χ0) is 0. The summed E-state index contributed by atoms with van der Waals surface area (Å²) in [7, 11) is 0. The van der Waals surface area contributed by atoms with Crippen LogP contribution in [0.15, 0.2) is 0 Å². The van der Waals surface area contributed by atoms with Crippen molar-refractivity contribution in [2.24, 2.45) is 0 Å². The van der Waals surface area contributed by atoms with Crippen molar-refractivity contribution in [3.63, 3.8) is 0 Å². The van der Waals surface area contributed by atoms with Crippen molar-refractivity contribution < 1.29 is 97.6 Å². The topological polar surface area (TPSA) is 93.0 Å². The van der Waals surface area contributed by atoms with E-state index in [1.54, 1.807) is 0 Å². The molecular weight excluding hydrogens is 175 g/mol. The van der Waals surface area contributed by atoms with Gasteiger partial charge in [-0.3, -0.25) is 0 Å². The summed E-state index contributed by atoms with van der Waals surface area (Å²) in [5.74, 6) is 0. The molecule has 0 rings (SSSR count). The maximum absolute atomic E-state index is 0. The minimum atomic E-state index is 0. The van der Waals surface area contributed by atoms with Crippen LogP contribution in [0.1, 0.15) is 0 Å². The molecule has 5 N–H and O–H groups in total. The molecule has 0 saturated heterocycles. The summed E-state index contributed by atoms with van der Waals surface area (Å²) < 4.78 is 0. The Hall–Kier alpha value is 2.34. The Morgan fingerprint density at radius 2 is 0.833 bits per heavy atom. The summed E-state index contributed by atoms with van der Waals surface area (Å²) in [5, 5.41) is 0. The zero-order valence-corrected chi connectivity index (χ0v) is 8.39. The second-order valence-corrected chi connectivity index (χ2v) is 0. The average Bonchev–Trinajstić information content (AvgIpc) is 0. The first kappa shape index (κ1) is 82.1. The van der Waals surface area contributed by atoms with Gasteiger partial charge in [-0.25, -0.2) is 0 Å². The monoisotopic (exact) mass is 179 g/mol. The van der Waals surface area contributed by atoms with E-state index in [0.29, 0.717) is 0 Å². The van der Waals surface area contributed by atoms with Gasteiger partial charge in [0.2, 0.25) is 0 Å². The molecule has 6 heteroatoms. The molecule has 0 aromatic carbocycles. The Bertz CT molecular complexity index is 10.8. The smallest absolute Gasteiger partial charge is 1.00 e. The SMILES string of the molecule is O.O.[Cl-].[Cr].[K+].[OH-]. The largest absolute Gasteiger partial charge is 1.00 e.